The molecule has 0 rings (SSSR count). The molecule has 0 aliphatic heterocycles. The van der Waals surface area contributed by atoms with Crippen LogP contribution in [0.25, 0.3) is 0 Å². The molecular weight excluding hydrogens is 230 g/mol. The van der Waals surface area contributed by atoms with Crippen LogP contribution in [0.4, 0.5) is 0 Å². The van der Waals surface area contributed by atoms with Crippen LogP contribution in [0, 0.1) is 6.92 Å². The van der Waals surface area contributed by atoms with Crippen molar-refractivity contribution < 1.29 is 0 Å². The molecule has 0 amide bonds. The highest BCUT2D eigenvalue weighted by Gasteiger charge is 2.03. The average molecular weight is 269 g/mol. The molecule has 0 N–H and O–H groups in total. The van der Waals surface area contributed by atoms with Crippen molar-refractivity contribution in [2.75, 3.05) is 19.6 Å². The molecule has 1 nitrogen and oxygen atoms in total. The van der Waals surface area contributed by atoms with Gasteiger partial charge in [-0.3, -0.25) is 0 Å². The van der Waals surface area contributed by atoms with Crippen LogP contribution < -0.4 is 0 Å². The van der Waals surface area contributed by atoms with E-state index in [0.29, 0.717) is 0 Å². The van der Waals surface area contributed by atoms with Gasteiger partial charge in [0.05, 0.1) is 0 Å². The Morgan fingerprint density at radius 1 is 0.579 bits per heavy atom. The Labute approximate surface area is 123 Å². The Hall–Kier alpha value is -0.0400. The normalized spacial score (nSPS) is 11.4. The molecule has 0 atom stereocenters. The van der Waals surface area contributed by atoms with E-state index in [1.165, 1.54) is 90.3 Å². The minimum absolute atomic E-state index is 1.11. The van der Waals surface area contributed by atoms with Crippen molar-refractivity contribution in [2.24, 2.45) is 0 Å². The van der Waals surface area contributed by atoms with E-state index in [4.69, 9.17) is 0 Å². The zero-order valence-electron chi connectivity index (χ0n) is 13.8. The largest absolute Gasteiger partial charge is 0.303 e. The Bertz CT molecular complexity index is 148. The van der Waals surface area contributed by atoms with Crippen molar-refractivity contribution in [2.45, 2.75) is 90.9 Å². The van der Waals surface area contributed by atoms with Gasteiger partial charge >= 0.3 is 0 Å². The summed E-state index contributed by atoms with van der Waals surface area (Å²) < 4.78 is 0. The first-order valence-electron chi connectivity index (χ1n) is 8.86. The lowest BCUT2D eigenvalue weighted by atomic mass is 10.1. The molecule has 0 aromatic heterocycles. The first-order chi connectivity index (χ1) is 9.35. The summed E-state index contributed by atoms with van der Waals surface area (Å²) in [6.07, 6.45) is 16.4. The molecule has 1 radical (unpaired) electrons. The van der Waals surface area contributed by atoms with Crippen molar-refractivity contribution in [3.8, 4) is 0 Å². The molecule has 0 aromatic rings. The number of unbranched alkanes of at least 4 members (excludes halogenated alkanes) is 9. The second kappa shape index (κ2) is 16.0. The molecule has 19 heavy (non-hydrogen) atoms. The third-order valence-corrected chi connectivity index (χ3v) is 3.88. The van der Waals surface area contributed by atoms with Crippen LogP contribution in [0.5, 0.6) is 0 Å². The lowest BCUT2D eigenvalue weighted by Crippen LogP contribution is -2.27. The van der Waals surface area contributed by atoms with Crippen LogP contribution in [0.3, 0.4) is 0 Å². The van der Waals surface area contributed by atoms with Gasteiger partial charge in [0.2, 0.25) is 0 Å². The van der Waals surface area contributed by atoms with E-state index in [9.17, 15) is 0 Å². The van der Waals surface area contributed by atoms with Crippen molar-refractivity contribution in [3.05, 3.63) is 6.92 Å². The third kappa shape index (κ3) is 14.2. The van der Waals surface area contributed by atoms with Gasteiger partial charge in [0.25, 0.3) is 0 Å². The van der Waals surface area contributed by atoms with Gasteiger partial charge < -0.3 is 4.90 Å². The highest BCUT2D eigenvalue weighted by atomic mass is 15.1. The maximum absolute atomic E-state index is 3.90. The predicted octanol–water partition coefficient (Wildman–Crippen LogP) is 5.84. The minimum atomic E-state index is 1.11. The summed E-state index contributed by atoms with van der Waals surface area (Å²) in [5.41, 5.74) is 0. The quantitative estimate of drug-likeness (QED) is 0.337. The molecule has 0 spiro atoms. The van der Waals surface area contributed by atoms with E-state index in [1.54, 1.807) is 0 Å². The van der Waals surface area contributed by atoms with Crippen molar-refractivity contribution in [1.82, 2.24) is 4.90 Å². The van der Waals surface area contributed by atoms with Gasteiger partial charge in [0.1, 0.15) is 0 Å². The molecule has 0 fully saturated rings. The summed E-state index contributed by atoms with van der Waals surface area (Å²) in [7, 11) is 0. The van der Waals surface area contributed by atoms with E-state index in [2.05, 4.69) is 25.7 Å². The van der Waals surface area contributed by atoms with Gasteiger partial charge in [-0.05, 0) is 38.9 Å². The van der Waals surface area contributed by atoms with Crippen LogP contribution >= 0.6 is 0 Å². The van der Waals surface area contributed by atoms with E-state index in [1.807, 2.05) is 0 Å². The fourth-order valence-electron chi connectivity index (χ4n) is 2.49. The Morgan fingerprint density at radius 3 is 1.47 bits per heavy atom. The smallest absolute Gasteiger partial charge is 0.00187 e. The summed E-state index contributed by atoms with van der Waals surface area (Å²) in [6, 6.07) is 0. The highest BCUT2D eigenvalue weighted by Crippen LogP contribution is 2.09. The van der Waals surface area contributed by atoms with Gasteiger partial charge in [-0.1, -0.05) is 78.6 Å². The monoisotopic (exact) mass is 268 g/mol. The summed E-state index contributed by atoms with van der Waals surface area (Å²) in [5, 5.41) is 0. The number of hydrogen-bond acceptors (Lipinski definition) is 1. The van der Waals surface area contributed by atoms with Gasteiger partial charge in [-0.15, -0.1) is 0 Å². The van der Waals surface area contributed by atoms with Crippen LogP contribution in [0.1, 0.15) is 90.9 Å². The molecule has 0 aliphatic carbocycles. The Morgan fingerprint density at radius 2 is 1.00 bits per heavy atom. The summed E-state index contributed by atoms with van der Waals surface area (Å²) >= 11 is 0. The molecule has 0 saturated heterocycles. The molecule has 0 unspecified atom stereocenters. The number of nitrogens with zero attached hydrogens (tertiary/aromatic N) is 1. The molecule has 0 heterocycles. The third-order valence-electron chi connectivity index (χ3n) is 3.88. The maximum atomic E-state index is 3.90. The van der Waals surface area contributed by atoms with Gasteiger partial charge in [-0.2, -0.15) is 0 Å². The van der Waals surface area contributed by atoms with Crippen molar-refractivity contribution >= 4 is 0 Å². The zero-order chi connectivity index (χ0) is 14.2. The second-order valence-corrected chi connectivity index (χ2v) is 5.88. The predicted molar refractivity (Wildman–Crippen MR) is 88.5 cm³/mol. The Kier molecular flexibility index (Phi) is 16.0. The zero-order valence-corrected chi connectivity index (χ0v) is 13.8. The van der Waals surface area contributed by atoms with Gasteiger partial charge in [0.15, 0.2) is 0 Å². The lowest BCUT2D eigenvalue weighted by Gasteiger charge is -2.21. The second-order valence-electron chi connectivity index (χ2n) is 5.88. The van der Waals surface area contributed by atoms with Crippen LogP contribution in [0.2, 0.25) is 0 Å². The van der Waals surface area contributed by atoms with Crippen LogP contribution in [-0.2, 0) is 0 Å². The SMILES string of the molecule is [CH2]CCCCCCCCCN(CCCC)CCCC. The van der Waals surface area contributed by atoms with Gasteiger partial charge in [0, 0.05) is 0 Å². The number of hydrogen-bond donors (Lipinski definition) is 0. The molecule has 1 heteroatoms. The van der Waals surface area contributed by atoms with E-state index in [0.717, 1.165) is 6.42 Å². The molecule has 0 saturated carbocycles. The molecular formula is C18H38N. The lowest BCUT2D eigenvalue weighted by molar-refractivity contribution is 0.259. The average Bonchev–Trinajstić information content (AvgIpc) is 2.43. The topological polar surface area (TPSA) is 3.24 Å². The Balaban J connectivity index is 3.40. The van der Waals surface area contributed by atoms with E-state index in [-0.39, 0.29) is 0 Å². The van der Waals surface area contributed by atoms with Crippen molar-refractivity contribution in [3.63, 3.8) is 0 Å². The summed E-state index contributed by atoms with van der Waals surface area (Å²) in [5.74, 6) is 0. The molecule has 0 bridgehead atoms. The highest BCUT2D eigenvalue weighted by molar-refractivity contribution is 4.58. The van der Waals surface area contributed by atoms with Gasteiger partial charge in [-0.25, -0.2) is 0 Å². The molecule has 0 aromatic carbocycles. The molecule has 0 aliphatic rings. The fourth-order valence-corrected chi connectivity index (χ4v) is 2.49. The summed E-state index contributed by atoms with van der Waals surface area (Å²) in [4.78, 5) is 2.69. The molecule has 115 valence electrons. The standard InChI is InChI=1S/C18H38N/c1-4-7-10-11-12-13-14-15-18-19(16-8-5-2)17-9-6-3/h1,4-18H2,2-3H3. The maximum Gasteiger partial charge on any atom is -0.00187 e. The van der Waals surface area contributed by atoms with Crippen LogP contribution in [0.15, 0.2) is 0 Å². The number of rotatable bonds is 15. The van der Waals surface area contributed by atoms with E-state index >= 15 is 0 Å². The minimum Gasteiger partial charge on any atom is -0.303 e. The first kappa shape index (κ1) is 19.0. The fraction of sp³-hybridized carbons (Fsp3) is 0.944. The summed E-state index contributed by atoms with van der Waals surface area (Å²) in [6.45, 7) is 12.5. The van der Waals surface area contributed by atoms with E-state index < -0.39 is 0 Å². The van der Waals surface area contributed by atoms with Crippen LogP contribution in [-0.4, -0.2) is 24.5 Å². The van der Waals surface area contributed by atoms with Crippen molar-refractivity contribution in [1.29, 1.82) is 0 Å². The first-order valence-corrected chi connectivity index (χ1v) is 8.86.